The Morgan fingerprint density at radius 3 is 2.62 bits per heavy atom. The van der Waals surface area contributed by atoms with Gasteiger partial charge in [0.25, 0.3) is 0 Å². The van der Waals surface area contributed by atoms with Crippen molar-refractivity contribution < 1.29 is 4.79 Å². The highest BCUT2D eigenvalue weighted by Gasteiger charge is 2.04. The van der Waals surface area contributed by atoms with Crippen LogP contribution >= 0.6 is 11.8 Å². The summed E-state index contributed by atoms with van der Waals surface area (Å²) >= 11 is 1.75. The largest absolute Gasteiger partial charge is 0.303 e. The molecule has 0 saturated carbocycles. The highest BCUT2D eigenvalue weighted by molar-refractivity contribution is 7.99. The minimum Gasteiger partial charge on any atom is -0.303 e. The van der Waals surface area contributed by atoms with Crippen LogP contribution < -0.4 is 0 Å². The van der Waals surface area contributed by atoms with Crippen molar-refractivity contribution in [1.82, 2.24) is 0 Å². The number of carbonyl (C=O) groups excluding carboxylic acids is 1. The number of rotatable bonds is 5. The van der Waals surface area contributed by atoms with Gasteiger partial charge >= 0.3 is 0 Å². The first-order chi connectivity index (χ1) is 6.36. The first kappa shape index (κ1) is 10.3. The molecule has 1 unspecified atom stereocenters. The molecular weight excluding hydrogens is 180 g/mol. The minimum atomic E-state index is 0.199. The standard InChI is InChI=1S/C11H14OS/c1-2-10(8-12)9-13-11-6-4-3-5-7-11/h3-8,10H,2,9H2,1H3. The van der Waals surface area contributed by atoms with Crippen molar-refractivity contribution in [1.29, 1.82) is 0 Å². The molecule has 0 radical (unpaired) electrons. The molecule has 0 aliphatic carbocycles. The van der Waals surface area contributed by atoms with Crippen LogP contribution in [0.1, 0.15) is 13.3 Å². The predicted octanol–water partition coefficient (Wildman–Crippen LogP) is 3.00. The van der Waals surface area contributed by atoms with E-state index in [0.29, 0.717) is 0 Å². The van der Waals surface area contributed by atoms with E-state index in [1.807, 2.05) is 25.1 Å². The Morgan fingerprint density at radius 2 is 2.08 bits per heavy atom. The summed E-state index contributed by atoms with van der Waals surface area (Å²) in [6.07, 6.45) is 1.99. The molecule has 1 rings (SSSR count). The number of thioether (sulfide) groups is 1. The second kappa shape index (κ2) is 5.81. The summed E-state index contributed by atoms with van der Waals surface area (Å²) in [5.41, 5.74) is 0. The molecule has 0 fully saturated rings. The highest BCUT2D eigenvalue weighted by Crippen LogP contribution is 2.20. The second-order valence-corrected chi connectivity index (χ2v) is 4.02. The maximum absolute atomic E-state index is 10.5. The molecule has 0 bridgehead atoms. The third-order valence-corrected chi connectivity index (χ3v) is 3.12. The Morgan fingerprint density at radius 1 is 1.38 bits per heavy atom. The Balaban J connectivity index is 2.38. The van der Waals surface area contributed by atoms with E-state index in [4.69, 9.17) is 0 Å². The average Bonchev–Trinajstić information content (AvgIpc) is 2.21. The van der Waals surface area contributed by atoms with Crippen molar-refractivity contribution in [2.24, 2.45) is 5.92 Å². The normalized spacial score (nSPS) is 12.4. The van der Waals surface area contributed by atoms with Crippen LogP contribution in [0, 0.1) is 5.92 Å². The smallest absolute Gasteiger partial charge is 0.123 e. The van der Waals surface area contributed by atoms with Crippen molar-refractivity contribution in [2.45, 2.75) is 18.2 Å². The summed E-state index contributed by atoms with van der Waals surface area (Å²) in [5.74, 6) is 1.09. The van der Waals surface area contributed by atoms with E-state index in [1.165, 1.54) is 4.90 Å². The molecule has 0 N–H and O–H groups in total. The van der Waals surface area contributed by atoms with Gasteiger partial charge in [0.2, 0.25) is 0 Å². The van der Waals surface area contributed by atoms with E-state index in [0.717, 1.165) is 18.5 Å². The molecule has 1 atom stereocenters. The van der Waals surface area contributed by atoms with Crippen LogP contribution in [0.15, 0.2) is 35.2 Å². The van der Waals surface area contributed by atoms with Crippen molar-refractivity contribution >= 4 is 18.0 Å². The third kappa shape index (κ3) is 3.64. The maximum atomic E-state index is 10.5. The summed E-state index contributed by atoms with van der Waals surface area (Å²) in [5, 5.41) is 0. The molecule has 0 spiro atoms. The van der Waals surface area contributed by atoms with E-state index in [2.05, 4.69) is 12.1 Å². The lowest BCUT2D eigenvalue weighted by Gasteiger charge is -2.05. The molecule has 0 heterocycles. The molecule has 0 aliphatic rings. The minimum absolute atomic E-state index is 0.199. The van der Waals surface area contributed by atoms with Gasteiger partial charge < -0.3 is 4.79 Å². The average molecular weight is 194 g/mol. The van der Waals surface area contributed by atoms with Crippen LogP contribution in [0.3, 0.4) is 0 Å². The van der Waals surface area contributed by atoms with Gasteiger partial charge in [0, 0.05) is 16.6 Å². The van der Waals surface area contributed by atoms with E-state index < -0.39 is 0 Å². The van der Waals surface area contributed by atoms with Crippen LogP contribution in [0.25, 0.3) is 0 Å². The van der Waals surface area contributed by atoms with Gasteiger partial charge in [-0.1, -0.05) is 25.1 Å². The Bertz CT molecular complexity index is 246. The van der Waals surface area contributed by atoms with Gasteiger partial charge in [0.05, 0.1) is 0 Å². The van der Waals surface area contributed by atoms with Gasteiger partial charge in [-0.2, -0.15) is 0 Å². The molecule has 1 nitrogen and oxygen atoms in total. The summed E-state index contributed by atoms with van der Waals surface area (Å²) < 4.78 is 0. The number of aldehydes is 1. The van der Waals surface area contributed by atoms with Crippen LogP contribution in [-0.4, -0.2) is 12.0 Å². The zero-order valence-corrected chi connectivity index (χ0v) is 8.59. The van der Waals surface area contributed by atoms with Gasteiger partial charge in [0.15, 0.2) is 0 Å². The molecular formula is C11H14OS. The fraction of sp³-hybridized carbons (Fsp3) is 0.364. The number of hydrogen-bond acceptors (Lipinski definition) is 2. The molecule has 0 amide bonds. The van der Waals surface area contributed by atoms with Crippen LogP contribution in [0.4, 0.5) is 0 Å². The third-order valence-electron chi connectivity index (χ3n) is 1.92. The second-order valence-electron chi connectivity index (χ2n) is 2.93. The van der Waals surface area contributed by atoms with E-state index >= 15 is 0 Å². The Labute approximate surface area is 83.5 Å². The van der Waals surface area contributed by atoms with Gasteiger partial charge in [-0.3, -0.25) is 0 Å². The van der Waals surface area contributed by atoms with Crippen LogP contribution in [-0.2, 0) is 4.79 Å². The van der Waals surface area contributed by atoms with Gasteiger partial charge in [0.1, 0.15) is 6.29 Å². The topological polar surface area (TPSA) is 17.1 Å². The SMILES string of the molecule is CCC(C=O)CSc1ccccc1. The summed E-state index contributed by atoms with van der Waals surface area (Å²) in [7, 11) is 0. The number of hydrogen-bond donors (Lipinski definition) is 0. The van der Waals surface area contributed by atoms with Crippen molar-refractivity contribution in [3.63, 3.8) is 0 Å². The monoisotopic (exact) mass is 194 g/mol. The zero-order valence-electron chi connectivity index (χ0n) is 7.77. The lowest BCUT2D eigenvalue weighted by molar-refractivity contribution is -0.110. The van der Waals surface area contributed by atoms with Gasteiger partial charge in [-0.05, 0) is 18.6 Å². The first-order valence-electron chi connectivity index (χ1n) is 4.50. The maximum Gasteiger partial charge on any atom is 0.123 e. The van der Waals surface area contributed by atoms with Crippen molar-refractivity contribution in [2.75, 3.05) is 5.75 Å². The van der Waals surface area contributed by atoms with E-state index in [9.17, 15) is 4.79 Å². The fourth-order valence-electron chi connectivity index (χ4n) is 0.973. The number of benzene rings is 1. The molecule has 0 aromatic heterocycles. The van der Waals surface area contributed by atoms with Gasteiger partial charge in [-0.15, -0.1) is 11.8 Å². The summed E-state index contributed by atoms with van der Waals surface area (Å²) in [4.78, 5) is 11.8. The molecule has 70 valence electrons. The Hall–Kier alpha value is -0.760. The lowest BCUT2D eigenvalue weighted by Crippen LogP contribution is -2.02. The Kier molecular flexibility index (Phi) is 4.61. The highest BCUT2D eigenvalue weighted by atomic mass is 32.2. The van der Waals surface area contributed by atoms with Gasteiger partial charge in [-0.25, -0.2) is 0 Å². The number of carbonyl (C=O) groups is 1. The lowest BCUT2D eigenvalue weighted by atomic mass is 10.1. The van der Waals surface area contributed by atoms with Crippen molar-refractivity contribution in [3.8, 4) is 0 Å². The molecule has 13 heavy (non-hydrogen) atoms. The van der Waals surface area contributed by atoms with E-state index in [-0.39, 0.29) is 5.92 Å². The molecule has 1 aromatic rings. The molecule has 0 saturated heterocycles. The van der Waals surface area contributed by atoms with Crippen LogP contribution in [0.2, 0.25) is 0 Å². The fourth-order valence-corrected chi connectivity index (χ4v) is 2.04. The van der Waals surface area contributed by atoms with Crippen molar-refractivity contribution in [3.05, 3.63) is 30.3 Å². The molecule has 2 heteroatoms. The summed E-state index contributed by atoms with van der Waals surface area (Å²) in [6.45, 7) is 2.05. The molecule has 1 aromatic carbocycles. The molecule has 0 aliphatic heterocycles. The zero-order chi connectivity index (χ0) is 9.52. The quantitative estimate of drug-likeness (QED) is 0.529. The summed E-state index contributed by atoms with van der Waals surface area (Å²) in [6, 6.07) is 10.2. The predicted molar refractivity (Wildman–Crippen MR) is 57.0 cm³/mol. The first-order valence-corrected chi connectivity index (χ1v) is 5.48. The van der Waals surface area contributed by atoms with E-state index in [1.54, 1.807) is 11.8 Å². The van der Waals surface area contributed by atoms with Crippen LogP contribution in [0.5, 0.6) is 0 Å².